The van der Waals surface area contributed by atoms with Gasteiger partial charge in [0.15, 0.2) is 5.82 Å². The molecule has 0 aliphatic carbocycles. The summed E-state index contributed by atoms with van der Waals surface area (Å²) in [7, 11) is 0. The molecule has 0 spiro atoms. The Labute approximate surface area is 163 Å². The highest BCUT2D eigenvalue weighted by Crippen LogP contribution is 2.25. The number of halogens is 1. The van der Waals surface area contributed by atoms with Crippen molar-refractivity contribution in [1.82, 2.24) is 19.9 Å². The van der Waals surface area contributed by atoms with Gasteiger partial charge in [0, 0.05) is 50.3 Å². The summed E-state index contributed by atoms with van der Waals surface area (Å²) in [6.45, 7) is 5.51. The first-order valence-corrected chi connectivity index (χ1v) is 9.52. The van der Waals surface area contributed by atoms with E-state index in [4.69, 9.17) is 16.6 Å². The molecule has 0 N–H and O–H groups in total. The lowest BCUT2D eigenvalue weighted by Crippen LogP contribution is -2.47. The second-order valence-electron chi connectivity index (χ2n) is 6.39. The van der Waals surface area contributed by atoms with Gasteiger partial charge in [-0.15, -0.1) is 0 Å². The molecule has 0 saturated carbocycles. The molecule has 27 heavy (non-hydrogen) atoms. The normalized spacial score (nSPS) is 14.4. The molecule has 0 atom stereocenters. The highest BCUT2D eigenvalue weighted by Gasteiger charge is 2.21. The molecule has 138 valence electrons. The van der Waals surface area contributed by atoms with Crippen LogP contribution in [0.3, 0.4) is 0 Å². The first-order valence-electron chi connectivity index (χ1n) is 9.14. The summed E-state index contributed by atoms with van der Waals surface area (Å²) in [5.41, 5.74) is 1.82. The fraction of sp³-hybridized carbons (Fsp3) is 0.300. The second kappa shape index (κ2) is 7.88. The quantitative estimate of drug-likeness (QED) is 0.690. The molecule has 0 aromatic carbocycles. The number of nitrogens with zero attached hydrogens (tertiary/aromatic N) is 6. The zero-order chi connectivity index (χ0) is 18.6. The summed E-state index contributed by atoms with van der Waals surface area (Å²) >= 11 is 6.29. The number of aryl methyl sites for hydroxylation is 1. The number of rotatable bonds is 4. The van der Waals surface area contributed by atoms with Gasteiger partial charge in [-0.3, -0.25) is 4.98 Å². The number of hydrogen-bond donors (Lipinski definition) is 0. The van der Waals surface area contributed by atoms with E-state index in [1.165, 1.54) is 0 Å². The minimum absolute atomic E-state index is 0.681. The van der Waals surface area contributed by atoms with Crippen molar-refractivity contribution in [2.24, 2.45) is 0 Å². The second-order valence-corrected chi connectivity index (χ2v) is 6.80. The Bertz CT molecular complexity index is 909. The fourth-order valence-corrected chi connectivity index (χ4v) is 3.43. The van der Waals surface area contributed by atoms with Gasteiger partial charge in [0.05, 0.1) is 5.02 Å². The van der Waals surface area contributed by atoms with Gasteiger partial charge in [-0.05, 0) is 30.7 Å². The maximum Gasteiger partial charge on any atom is 0.180 e. The van der Waals surface area contributed by atoms with Gasteiger partial charge in [0.2, 0.25) is 0 Å². The van der Waals surface area contributed by atoms with E-state index >= 15 is 0 Å². The first kappa shape index (κ1) is 17.7. The number of anilines is 2. The highest BCUT2D eigenvalue weighted by atomic mass is 35.5. The van der Waals surface area contributed by atoms with E-state index < -0.39 is 0 Å². The topological polar surface area (TPSA) is 58.0 Å². The molecule has 6 nitrogen and oxygen atoms in total. The number of piperazine rings is 1. The van der Waals surface area contributed by atoms with Crippen LogP contribution in [0.2, 0.25) is 5.02 Å². The van der Waals surface area contributed by atoms with Crippen LogP contribution in [0.15, 0.2) is 48.8 Å². The standard InChI is InChI=1S/C20H21ClN6/c1-2-15-14-18(25-19(24-15)17-7-3-4-8-22-17)26-10-12-27(13-11-26)20-16(21)6-5-9-23-20/h3-9,14H,2,10-13H2,1H3. The van der Waals surface area contributed by atoms with Crippen LogP contribution in [0.1, 0.15) is 12.6 Å². The molecule has 3 aromatic rings. The molecule has 0 amide bonds. The summed E-state index contributed by atoms with van der Waals surface area (Å²) in [4.78, 5) is 22.8. The van der Waals surface area contributed by atoms with Crippen LogP contribution in [-0.4, -0.2) is 46.1 Å². The summed E-state index contributed by atoms with van der Waals surface area (Å²) in [5, 5.41) is 0.693. The van der Waals surface area contributed by atoms with E-state index in [9.17, 15) is 0 Å². The molecule has 0 radical (unpaired) electrons. The SMILES string of the molecule is CCc1cc(N2CCN(c3ncccc3Cl)CC2)nc(-c2ccccn2)n1. The van der Waals surface area contributed by atoms with Crippen LogP contribution in [0.4, 0.5) is 11.6 Å². The molecule has 1 aliphatic rings. The predicted octanol–water partition coefficient (Wildman–Crippen LogP) is 3.48. The average molecular weight is 381 g/mol. The van der Waals surface area contributed by atoms with Gasteiger partial charge in [-0.25, -0.2) is 15.0 Å². The largest absolute Gasteiger partial charge is 0.353 e. The number of pyridine rings is 2. The van der Waals surface area contributed by atoms with Gasteiger partial charge in [-0.1, -0.05) is 24.6 Å². The molecule has 7 heteroatoms. The van der Waals surface area contributed by atoms with E-state index in [2.05, 4.69) is 37.7 Å². The molecular formula is C20H21ClN6. The first-order chi connectivity index (χ1) is 13.2. The Morgan fingerprint density at radius 2 is 1.70 bits per heavy atom. The van der Waals surface area contributed by atoms with Crippen LogP contribution in [0.25, 0.3) is 11.5 Å². The molecule has 0 unspecified atom stereocenters. The summed E-state index contributed by atoms with van der Waals surface area (Å²) < 4.78 is 0. The minimum Gasteiger partial charge on any atom is -0.353 e. The lowest BCUT2D eigenvalue weighted by atomic mass is 10.2. The van der Waals surface area contributed by atoms with Crippen molar-refractivity contribution in [2.75, 3.05) is 36.0 Å². The Balaban J connectivity index is 1.55. The van der Waals surface area contributed by atoms with Gasteiger partial charge in [0.1, 0.15) is 17.3 Å². The Hall–Kier alpha value is -2.73. The van der Waals surface area contributed by atoms with Crippen LogP contribution in [0, 0.1) is 0 Å². The van der Waals surface area contributed by atoms with Crippen molar-refractivity contribution in [3.63, 3.8) is 0 Å². The monoisotopic (exact) mass is 380 g/mol. The lowest BCUT2D eigenvalue weighted by molar-refractivity contribution is 0.640. The number of hydrogen-bond acceptors (Lipinski definition) is 6. The van der Waals surface area contributed by atoms with Crippen LogP contribution in [0.5, 0.6) is 0 Å². The average Bonchev–Trinajstić information content (AvgIpc) is 2.74. The third-order valence-corrected chi connectivity index (χ3v) is 4.96. The smallest absolute Gasteiger partial charge is 0.180 e. The summed E-state index contributed by atoms with van der Waals surface area (Å²) in [5.74, 6) is 2.49. The van der Waals surface area contributed by atoms with Crippen LogP contribution >= 0.6 is 11.6 Å². The molecular weight excluding hydrogens is 360 g/mol. The Kier molecular flexibility index (Phi) is 5.16. The molecule has 1 aliphatic heterocycles. The van der Waals surface area contributed by atoms with E-state index in [0.29, 0.717) is 10.8 Å². The van der Waals surface area contributed by atoms with E-state index in [1.54, 1.807) is 12.4 Å². The zero-order valence-electron chi connectivity index (χ0n) is 15.2. The molecule has 0 bridgehead atoms. The minimum atomic E-state index is 0.681. The van der Waals surface area contributed by atoms with Crippen molar-refractivity contribution in [3.8, 4) is 11.5 Å². The van der Waals surface area contributed by atoms with Crippen molar-refractivity contribution < 1.29 is 0 Å². The van der Waals surface area contributed by atoms with Gasteiger partial charge >= 0.3 is 0 Å². The van der Waals surface area contributed by atoms with E-state index in [-0.39, 0.29) is 0 Å². The van der Waals surface area contributed by atoms with Crippen molar-refractivity contribution in [3.05, 3.63) is 59.5 Å². The maximum atomic E-state index is 6.29. The maximum absolute atomic E-state index is 6.29. The van der Waals surface area contributed by atoms with Gasteiger partial charge in [-0.2, -0.15) is 0 Å². The van der Waals surface area contributed by atoms with Crippen LogP contribution in [-0.2, 0) is 6.42 Å². The van der Waals surface area contributed by atoms with E-state index in [1.807, 2.05) is 30.3 Å². The molecule has 4 heterocycles. The molecule has 1 fully saturated rings. The predicted molar refractivity (Wildman–Crippen MR) is 108 cm³/mol. The fourth-order valence-electron chi connectivity index (χ4n) is 3.19. The number of aromatic nitrogens is 4. The molecule has 1 saturated heterocycles. The third-order valence-electron chi connectivity index (χ3n) is 4.66. The lowest BCUT2D eigenvalue weighted by Gasteiger charge is -2.36. The summed E-state index contributed by atoms with van der Waals surface area (Å²) in [6, 6.07) is 11.6. The van der Waals surface area contributed by atoms with Crippen molar-refractivity contribution in [1.29, 1.82) is 0 Å². The van der Waals surface area contributed by atoms with Crippen molar-refractivity contribution in [2.45, 2.75) is 13.3 Å². The highest BCUT2D eigenvalue weighted by molar-refractivity contribution is 6.32. The van der Waals surface area contributed by atoms with Gasteiger partial charge < -0.3 is 9.80 Å². The summed E-state index contributed by atoms with van der Waals surface area (Å²) in [6.07, 6.45) is 4.41. The van der Waals surface area contributed by atoms with Crippen molar-refractivity contribution >= 4 is 23.2 Å². The van der Waals surface area contributed by atoms with Gasteiger partial charge in [0.25, 0.3) is 0 Å². The molecule has 4 rings (SSSR count). The van der Waals surface area contributed by atoms with E-state index in [0.717, 1.165) is 55.6 Å². The van der Waals surface area contributed by atoms with Crippen LogP contribution < -0.4 is 9.80 Å². The molecule has 3 aromatic heterocycles. The Morgan fingerprint density at radius 3 is 2.41 bits per heavy atom. The third kappa shape index (κ3) is 3.85. The zero-order valence-corrected chi connectivity index (χ0v) is 16.0. The Morgan fingerprint density at radius 1 is 0.926 bits per heavy atom.